The van der Waals surface area contributed by atoms with Crippen LogP contribution in [0.2, 0.25) is 0 Å². The number of pyridine rings is 2. The minimum absolute atomic E-state index is 0.128. The van der Waals surface area contributed by atoms with Crippen LogP contribution >= 0.6 is 0 Å². The van der Waals surface area contributed by atoms with Crippen molar-refractivity contribution in [1.29, 1.82) is 0 Å². The van der Waals surface area contributed by atoms with Gasteiger partial charge >= 0.3 is 0 Å². The highest BCUT2D eigenvalue weighted by Crippen LogP contribution is 2.27. The first-order chi connectivity index (χ1) is 10.3. The maximum atomic E-state index is 13.5. The second-order valence-corrected chi connectivity index (χ2v) is 4.85. The van der Waals surface area contributed by atoms with E-state index in [2.05, 4.69) is 15.3 Å². The van der Waals surface area contributed by atoms with Crippen LogP contribution in [-0.4, -0.2) is 16.5 Å². The maximum Gasteiger partial charge on any atom is 0.141 e. The Morgan fingerprint density at radius 1 is 1.19 bits per heavy atom. The Morgan fingerprint density at radius 3 is 2.86 bits per heavy atom. The molecule has 4 heteroatoms. The third-order valence-corrected chi connectivity index (χ3v) is 3.44. The predicted octanol–water partition coefficient (Wildman–Crippen LogP) is 3.47. The van der Waals surface area contributed by atoms with Crippen LogP contribution in [0, 0.1) is 5.82 Å². The molecule has 0 aliphatic heterocycles. The molecular formula is C17H16FN3. The quantitative estimate of drug-likeness (QED) is 0.795. The van der Waals surface area contributed by atoms with Gasteiger partial charge in [-0.05, 0) is 29.8 Å². The fourth-order valence-electron chi connectivity index (χ4n) is 2.56. The highest BCUT2D eigenvalue weighted by molar-refractivity contribution is 5.82. The lowest BCUT2D eigenvalue weighted by atomic mass is 9.97. The normalized spacial score (nSPS) is 12.5. The zero-order chi connectivity index (χ0) is 14.7. The molecule has 0 fully saturated rings. The minimum Gasteiger partial charge on any atom is -0.306 e. The molecule has 3 aromatic rings. The van der Waals surface area contributed by atoms with E-state index < -0.39 is 0 Å². The molecule has 0 saturated heterocycles. The molecule has 1 N–H and O–H groups in total. The summed E-state index contributed by atoms with van der Waals surface area (Å²) in [4.78, 5) is 8.44. The van der Waals surface area contributed by atoms with Crippen molar-refractivity contribution in [1.82, 2.24) is 15.3 Å². The van der Waals surface area contributed by atoms with Crippen molar-refractivity contribution in [3.05, 3.63) is 71.9 Å². The first-order valence-corrected chi connectivity index (χ1v) is 6.97. The third-order valence-electron chi connectivity index (χ3n) is 3.44. The second-order valence-electron chi connectivity index (χ2n) is 4.85. The molecule has 3 rings (SSSR count). The SMILES string of the molecule is CCNC(c1cncc(F)c1)c1cccc2cccnc12. The topological polar surface area (TPSA) is 37.8 Å². The zero-order valence-corrected chi connectivity index (χ0v) is 11.8. The van der Waals surface area contributed by atoms with Crippen LogP contribution in [0.4, 0.5) is 4.39 Å². The summed E-state index contributed by atoms with van der Waals surface area (Å²) >= 11 is 0. The van der Waals surface area contributed by atoms with E-state index in [4.69, 9.17) is 0 Å². The number of para-hydroxylation sites is 1. The molecule has 0 saturated carbocycles. The van der Waals surface area contributed by atoms with E-state index in [0.29, 0.717) is 0 Å². The molecular weight excluding hydrogens is 265 g/mol. The Kier molecular flexibility index (Phi) is 3.88. The van der Waals surface area contributed by atoms with Gasteiger partial charge in [0.2, 0.25) is 0 Å². The molecule has 0 bridgehead atoms. The lowest BCUT2D eigenvalue weighted by Crippen LogP contribution is -2.22. The first kappa shape index (κ1) is 13.6. The molecule has 2 heterocycles. The monoisotopic (exact) mass is 281 g/mol. The standard InChI is InChI=1S/C17H16FN3/c1-2-20-17(13-9-14(18)11-19-10-13)15-7-3-5-12-6-4-8-21-16(12)15/h3-11,17,20H,2H2,1H3. The van der Waals surface area contributed by atoms with Gasteiger partial charge < -0.3 is 5.32 Å². The number of fused-ring (bicyclic) bond motifs is 1. The summed E-state index contributed by atoms with van der Waals surface area (Å²) in [5.74, 6) is -0.330. The van der Waals surface area contributed by atoms with Gasteiger partial charge in [-0.2, -0.15) is 0 Å². The number of rotatable bonds is 4. The van der Waals surface area contributed by atoms with Crippen molar-refractivity contribution >= 4 is 10.9 Å². The molecule has 0 aliphatic carbocycles. The van der Waals surface area contributed by atoms with Crippen LogP contribution in [0.1, 0.15) is 24.1 Å². The number of nitrogens with one attached hydrogen (secondary N) is 1. The van der Waals surface area contributed by atoms with E-state index in [1.54, 1.807) is 12.4 Å². The van der Waals surface area contributed by atoms with E-state index in [-0.39, 0.29) is 11.9 Å². The Hall–Kier alpha value is -2.33. The van der Waals surface area contributed by atoms with Crippen molar-refractivity contribution < 1.29 is 4.39 Å². The van der Waals surface area contributed by atoms with Crippen LogP contribution in [0.3, 0.4) is 0 Å². The molecule has 0 amide bonds. The lowest BCUT2D eigenvalue weighted by Gasteiger charge is -2.20. The number of nitrogens with zero attached hydrogens (tertiary/aromatic N) is 2. The molecule has 0 aliphatic rings. The van der Waals surface area contributed by atoms with Gasteiger partial charge in [0.1, 0.15) is 5.82 Å². The van der Waals surface area contributed by atoms with Gasteiger partial charge in [0.05, 0.1) is 17.8 Å². The molecule has 106 valence electrons. The van der Waals surface area contributed by atoms with Crippen molar-refractivity contribution in [3.8, 4) is 0 Å². The summed E-state index contributed by atoms with van der Waals surface area (Å²) in [5.41, 5.74) is 2.76. The van der Waals surface area contributed by atoms with Crippen molar-refractivity contribution in [2.24, 2.45) is 0 Å². The molecule has 0 spiro atoms. The lowest BCUT2D eigenvalue weighted by molar-refractivity contribution is 0.597. The maximum absolute atomic E-state index is 13.5. The van der Waals surface area contributed by atoms with Gasteiger partial charge in [0.15, 0.2) is 0 Å². The summed E-state index contributed by atoms with van der Waals surface area (Å²) in [7, 11) is 0. The van der Waals surface area contributed by atoms with Gasteiger partial charge in [0.25, 0.3) is 0 Å². The fraction of sp³-hybridized carbons (Fsp3) is 0.176. The van der Waals surface area contributed by atoms with E-state index in [1.165, 1.54) is 12.3 Å². The predicted molar refractivity (Wildman–Crippen MR) is 81.5 cm³/mol. The average molecular weight is 281 g/mol. The van der Waals surface area contributed by atoms with Crippen molar-refractivity contribution in [2.45, 2.75) is 13.0 Å². The highest BCUT2D eigenvalue weighted by atomic mass is 19.1. The Balaban J connectivity index is 2.16. The number of hydrogen-bond acceptors (Lipinski definition) is 3. The Bertz CT molecular complexity index is 752. The molecule has 0 radical (unpaired) electrons. The first-order valence-electron chi connectivity index (χ1n) is 6.97. The molecule has 3 nitrogen and oxygen atoms in total. The van der Waals surface area contributed by atoms with Gasteiger partial charge in [-0.3, -0.25) is 9.97 Å². The number of hydrogen-bond donors (Lipinski definition) is 1. The van der Waals surface area contributed by atoms with Crippen molar-refractivity contribution in [3.63, 3.8) is 0 Å². The second kappa shape index (κ2) is 5.97. The van der Waals surface area contributed by atoms with Gasteiger partial charge in [-0.15, -0.1) is 0 Å². The van der Waals surface area contributed by atoms with Gasteiger partial charge in [0, 0.05) is 17.8 Å². The van der Waals surface area contributed by atoms with Crippen molar-refractivity contribution in [2.75, 3.05) is 6.54 Å². The number of halogens is 1. The van der Waals surface area contributed by atoms with Crippen LogP contribution in [0.25, 0.3) is 10.9 Å². The Labute approximate surface area is 122 Å². The van der Waals surface area contributed by atoms with E-state index >= 15 is 0 Å². The number of aromatic nitrogens is 2. The molecule has 1 unspecified atom stereocenters. The summed E-state index contributed by atoms with van der Waals surface area (Å²) in [6.45, 7) is 2.79. The summed E-state index contributed by atoms with van der Waals surface area (Å²) < 4.78 is 13.5. The molecule has 1 atom stereocenters. The van der Waals surface area contributed by atoms with E-state index in [9.17, 15) is 4.39 Å². The zero-order valence-electron chi connectivity index (χ0n) is 11.8. The summed E-state index contributed by atoms with van der Waals surface area (Å²) in [6, 6.07) is 11.4. The smallest absolute Gasteiger partial charge is 0.141 e. The highest BCUT2D eigenvalue weighted by Gasteiger charge is 2.17. The van der Waals surface area contributed by atoms with Crippen LogP contribution < -0.4 is 5.32 Å². The summed E-state index contributed by atoms with van der Waals surface area (Å²) in [5, 5.41) is 4.46. The summed E-state index contributed by atoms with van der Waals surface area (Å²) in [6.07, 6.45) is 4.69. The van der Waals surface area contributed by atoms with Crippen LogP contribution in [-0.2, 0) is 0 Å². The van der Waals surface area contributed by atoms with E-state index in [0.717, 1.165) is 28.6 Å². The third kappa shape index (κ3) is 2.76. The average Bonchev–Trinajstić information content (AvgIpc) is 2.52. The minimum atomic E-state index is -0.330. The van der Waals surface area contributed by atoms with E-state index in [1.807, 2.05) is 37.3 Å². The van der Waals surface area contributed by atoms with Gasteiger partial charge in [-0.25, -0.2) is 4.39 Å². The fourth-order valence-corrected chi connectivity index (χ4v) is 2.56. The number of benzene rings is 1. The largest absolute Gasteiger partial charge is 0.306 e. The molecule has 2 aromatic heterocycles. The molecule has 21 heavy (non-hydrogen) atoms. The molecule has 1 aromatic carbocycles. The van der Waals surface area contributed by atoms with Crippen LogP contribution in [0.15, 0.2) is 55.0 Å². The Morgan fingerprint density at radius 2 is 2.05 bits per heavy atom. The van der Waals surface area contributed by atoms with Crippen LogP contribution in [0.5, 0.6) is 0 Å². The van der Waals surface area contributed by atoms with Gasteiger partial charge in [-0.1, -0.05) is 31.2 Å².